The first-order valence-electron chi connectivity index (χ1n) is 7.79. The van der Waals surface area contributed by atoms with Crippen LogP contribution < -0.4 is 5.32 Å². The molecule has 0 saturated heterocycles. The molecule has 1 aliphatic carbocycles. The van der Waals surface area contributed by atoms with Crippen LogP contribution in [0.5, 0.6) is 0 Å². The van der Waals surface area contributed by atoms with E-state index in [9.17, 15) is 0 Å². The number of rotatable bonds is 4. The lowest BCUT2D eigenvalue weighted by molar-refractivity contribution is 0.0425. The third kappa shape index (κ3) is 2.71. The maximum atomic E-state index is 6.00. The second-order valence-electron chi connectivity index (χ2n) is 5.90. The summed E-state index contributed by atoms with van der Waals surface area (Å²) in [4.78, 5) is 4.12. The largest absolute Gasteiger partial charge is 0.372 e. The summed E-state index contributed by atoms with van der Waals surface area (Å²) in [7, 11) is 0. The molecule has 1 aromatic carbocycles. The number of nitrogens with zero attached hydrogens (tertiary/aromatic N) is 1. The van der Waals surface area contributed by atoms with Crippen LogP contribution in [-0.4, -0.2) is 24.2 Å². The van der Waals surface area contributed by atoms with Crippen LogP contribution in [0.25, 0.3) is 11.1 Å². The lowest BCUT2D eigenvalue weighted by Gasteiger charge is -2.28. The van der Waals surface area contributed by atoms with E-state index in [1.54, 1.807) is 0 Å². The van der Waals surface area contributed by atoms with E-state index >= 15 is 0 Å². The summed E-state index contributed by atoms with van der Waals surface area (Å²) < 4.78 is 6.00. The van der Waals surface area contributed by atoms with E-state index in [1.807, 2.05) is 12.4 Å². The number of ether oxygens (including phenoxy) is 1. The van der Waals surface area contributed by atoms with Crippen molar-refractivity contribution in [2.45, 2.75) is 31.4 Å². The summed E-state index contributed by atoms with van der Waals surface area (Å²) in [5, 5.41) is 3.59. The minimum atomic E-state index is 0.191. The minimum Gasteiger partial charge on any atom is -0.372 e. The van der Waals surface area contributed by atoms with Crippen molar-refractivity contribution in [3.63, 3.8) is 0 Å². The molecule has 2 heterocycles. The maximum absolute atomic E-state index is 6.00. The van der Waals surface area contributed by atoms with Gasteiger partial charge in [0.1, 0.15) is 0 Å². The van der Waals surface area contributed by atoms with E-state index in [1.165, 1.54) is 35.1 Å². The second kappa shape index (κ2) is 5.58. The molecule has 1 saturated carbocycles. The van der Waals surface area contributed by atoms with Gasteiger partial charge in [0.05, 0.1) is 12.7 Å². The fourth-order valence-electron chi connectivity index (χ4n) is 3.11. The Labute approximate surface area is 125 Å². The highest BCUT2D eigenvalue weighted by Gasteiger charge is 2.26. The molecule has 2 aromatic rings. The molecule has 2 aliphatic rings. The van der Waals surface area contributed by atoms with Gasteiger partial charge in [0, 0.05) is 25.0 Å². The predicted octanol–water partition coefficient (Wildman–Crippen LogP) is 3.11. The first kappa shape index (κ1) is 13.0. The quantitative estimate of drug-likeness (QED) is 0.934. The molecular weight excluding hydrogens is 260 g/mol. The summed E-state index contributed by atoms with van der Waals surface area (Å²) in [6, 6.07) is 11.5. The van der Waals surface area contributed by atoms with Crippen molar-refractivity contribution in [1.82, 2.24) is 10.3 Å². The number of benzene rings is 1. The van der Waals surface area contributed by atoms with Crippen LogP contribution in [0.4, 0.5) is 0 Å². The van der Waals surface area contributed by atoms with E-state index in [4.69, 9.17) is 4.74 Å². The summed E-state index contributed by atoms with van der Waals surface area (Å²) in [5.74, 6) is 0. The summed E-state index contributed by atoms with van der Waals surface area (Å²) in [6.07, 6.45) is 7.54. The van der Waals surface area contributed by atoms with E-state index in [2.05, 4.69) is 40.6 Å². The van der Waals surface area contributed by atoms with Crippen molar-refractivity contribution >= 4 is 0 Å². The first-order valence-corrected chi connectivity index (χ1v) is 7.79. The zero-order valence-electron chi connectivity index (χ0n) is 12.1. The van der Waals surface area contributed by atoms with Crippen LogP contribution >= 0.6 is 0 Å². The van der Waals surface area contributed by atoms with Crippen LogP contribution in [0.3, 0.4) is 0 Å². The Balaban J connectivity index is 1.66. The highest BCUT2D eigenvalue weighted by atomic mass is 16.5. The van der Waals surface area contributed by atoms with Crippen LogP contribution in [0, 0.1) is 0 Å². The summed E-state index contributed by atoms with van der Waals surface area (Å²) in [5.41, 5.74) is 5.37. The molecule has 0 bridgehead atoms. The smallest absolute Gasteiger partial charge is 0.0952 e. The van der Waals surface area contributed by atoms with Gasteiger partial charge in [-0.3, -0.25) is 4.98 Å². The third-order valence-corrected chi connectivity index (χ3v) is 4.39. The zero-order valence-corrected chi connectivity index (χ0v) is 12.1. The molecule has 1 N–H and O–H groups in total. The minimum absolute atomic E-state index is 0.191. The van der Waals surface area contributed by atoms with Crippen molar-refractivity contribution in [2.24, 2.45) is 0 Å². The Morgan fingerprint density at radius 3 is 2.81 bits per heavy atom. The topological polar surface area (TPSA) is 34.2 Å². The number of pyridine rings is 1. The third-order valence-electron chi connectivity index (χ3n) is 4.39. The van der Waals surface area contributed by atoms with E-state index in [0.717, 1.165) is 25.6 Å². The molecule has 3 nitrogen and oxygen atoms in total. The zero-order chi connectivity index (χ0) is 14.1. The van der Waals surface area contributed by atoms with E-state index < -0.39 is 0 Å². The molecule has 1 fully saturated rings. The number of hydrogen-bond donors (Lipinski definition) is 1. The van der Waals surface area contributed by atoms with Gasteiger partial charge in [0.15, 0.2) is 0 Å². The molecule has 3 heteroatoms. The number of hydrogen-bond acceptors (Lipinski definition) is 3. The number of fused-ring (bicyclic) bond motifs is 1. The SMILES string of the molecule is c1cc(-c2ccncc2)c2c(c1)C(CNC1CC1)OCC2. The van der Waals surface area contributed by atoms with Crippen molar-refractivity contribution < 1.29 is 4.74 Å². The summed E-state index contributed by atoms with van der Waals surface area (Å²) >= 11 is 0. The van der Waals surface area contributed by atoms with Gasteiger partial charge < -0.3 is 10.1 Å². The lowest BCUT2D eigenvalue weighted by atomic mass is 9.90. The normalized spacial score (nSPS) is 21.0. The summed E-state index contributed by atoms with van der Waals surface area (Å²) in [6.45, 7) is 1.74. The van der Waals surface area contributed by atoms with Gasteiger partial charge in [-0.15, -0.1) is 0 Å². The van der Waals surface area contributed by atoms with Crippen molar-refractivity contribution in [2.75, 3.05) is 13.2 Å². The Morgan fingerprint density at radius 2 is 2.00 bits per heavy atom. The molecule has 1 atom stereocenters. The van der Waals surface area contributed by atoms with Gasteiger partial charge in [-0.25, -0.2) is 0 Å². The van der Waals surface area contributed by atoms with Crippen LogP contribution in [-0.2, 0) is 11.2 Å². The van der Waals surface area contributed by atoms with Gasteiger partial charge in [-0.2, -0.15) is 0 Å². The standard InChI is InChI=1S/C18H20N2O/c1-2-15(13-6-9-19-10-7-13)16-8-11-21-18(17(16)3-1)12-20-14-4-5-14/h1-3,6-7,9-10,14,18,20H,4-5,8,11-12H2. The highest BCUT2D eigenvalue weighted by Crippen LogP contribution is 2.34. The molecule has 1 unspecified atom stereocenters. The maximum Gasteiger partial charge on any atom is 0.0952 e. The molecule has 4 rings (SSSR count). The van der Waals surface area contributed by atoms with Gasteiger partial charge >= 0.3 is 0 Å². The number of aromatic nitrogens is 1. The van der Waals surface area contributed by atoms with Gasteiger partial charge in [0.25, 0.3) is 0 Å². The second-order valence-corrected chi connectivity index (χ2v) is 5.90. The molecular formula is C18H20N2O. The van der Waals surface area contributed by atoms with Gasteiger partial charge in [-0.05, 0) is 53.6 Å². The van der Waals surface area contributed by atoms with Crippen molar-refractivity contribution in [3.05, 3.63) is 53.9 Å². The molecule has 0 amide bonds. The Bertz CT molecular complexity index is 622. The molecule has 0 spiro atoms. The average Bonchev–Trinajstić information content (AvgIpc) is 3.37. The van der Waals surface area contributed by atoms with Crippen LogP contribution in [0.1, 0.15) is 30.1 Å². The van der Waals surface area contributed by atoms with Crippen molar-refractivity contribution in [3.8, 4) is 11.1 Å². The average molecular weight is 280 g/mol. The van der Waals surface area contributed by atoms with Gasteiger partial charge in [-0.1, -0.05) is 18.2 Å². The molecule has 1 aliphatic heterocycles. The van der Waals surface area contributed by atoms with E-state index in [-0.39, 0.29) is 6.10 Å². The number of nitrogens with one attached hydrogen (secondary N) is 1. The van der Waals surface area contributed by atoms with Crippen LogP contribution in [0.15, 0.2) is 42.7 Å². The van der Waals surface area contributed by atoms with Gasteiger partial charge in [0.2, 0.25) is 0 Å². The fourth-order valence-corrected chi connectivity index (χ4v) is 3.11. The lowest BCUT2D eigenvalue weighted by Crippen LogP contribution is -2.29. The monoisotopic (exact) mass is 280 g/mol. The predicted molar refractivity (Wildman–Crippen MR) is 83.1 cm³/mol. The Hall–Kier alpha value is -1.71. The Morgan fingerprint density at radius 1 is 1.14 bits per heavy atom. The van der Waals surface area contributed by atoms with Crippen LogP contribution in [0.2, 0.25) is 0 Å². The fraction of sp³-hybridized carbons (Fsp3) is 0.389. The molecule has 21 heavy (non-hydrogen) atoms. The molecule has 108 valence electrons. The van der Waals surface area contributed by atoms with E-state index in [0.29, 0.717) is 0 Å². The molecule has 1 aromatic heterocycles. The van der Waals surface area contributed by atoms with Crippen molar-refractivity contribution in [1.29, 1.82) is 0 Å². The first-order chi connectivity index (χ1) is 10.4. The highest BCUT2D eigenvalue weighted by molar-refractivity contribution is 5.69. The Kier molecular flexibility index (Phi) is 3.45. The molecule has 0 radical (unpaired) electrons.